The summed E-state index contributed by atoms with van der Waals surface area (Å²) in [7, 11) is 0. The summed E-state index contributed by atoms with van der Waals surface area (Å²) in [5.41, 5.74) is 8.61. The Bertz CT molecular complexity index is 734. The van der Waals surface area contributed by atoms with Gasteiger partial charge in [-0.25, -0.2) is 0 Å². The van der Waals surface area contributed by atoms with Crippen LogP contribution in [0.25, 0.3) is 0 Å². The maximum Gasteiger partial charge on any atom is 0.245 e. The Morgan fingerprint density at radius 3 is 2.63 bits per heavy atom. The second-order valence-electron chi connectivity index (χ2n) is 8.67. The van der Waals surface area contributed by atoms with E-state index in [-0.39, 0.29) is 29.8 Å². The Labute approximate surface area is 161 Å². The third-order valence-corrected chi connectivity index (χ3v) is 7.07. The lowest BCUT2D eigenvalue weighted by Crippen LogP contribution is -2.54. The predicted molar refractivity (Wildman–Crippen MR) is 105 cm³/mol. The molecule has 0 spiro atoms. The standard InChI is InChI=1S/C22H31N3O2/c1-3-14(2)21(26)25-12-16-7-5-4-6-15(16)10-20(25)22(27)24-11-17-8-9-19(23)18(17)13-24/h4-7,14,17-20H,3,8-13,23H2,1-2H3. The number of rotatable bonds is 3. The Balaban J connectivity index is 1.58. The highest BCUT2D eigenvalue weighted by molar-refractivity contribution is 5.89. The number of carbonyl (C=O) groups excluding carboxylic acids is 2. The highest BCUT2D eigenvalue weighted by Crippen LogP contribution is 2.38. The van der Waals surface area contributed by atoms with Crippen molar-refractivity contribution in [3.05, 3.63) is 35.4 Å². The van der Waals surface area contributed by atoms with Crippen LogP contribution >= 0.6 is 0 Å². The summed E-state index contributed by atoms with van der Waals surface area (Å²) in [6.45, 7) is 6.09. The van der Waals surface area contributed by atoms with Crippen molar-refractivity contribution in [1.82, 2.24) is 9.80 Å². The molecule has 1 aliphatic carbocycles. The van der Waals surface area contributed by atoms with Crippen molar-refractivity contribution in [2.45, 2.75) is 58.2 Å². The van der Waals surface area contributed by atoms with Gasteiger partial charge in [0.1, 0.15) is 6.04 Å². The van der Waals surface area contributed by atoms with E-state index in [0.717, 1.165) is 32.4 Å². The maximum absolute atomic E-state index is 13.5. The molecule has 146 valence electrons. The largest absolute Gasteiger partial charge is 0.340 e. The van der Waals surface area contributed by atoms with Crippen LogP contribution in [-0.2, 0) is 22.6 Å². The first-order valence-corrected chi connectivity index (χ1v) is 10.4. The summed E-state index contributed by atoms with van der Waals surface area (Å²) in [5.74, 6) is 1.13. The average Bonchev–Trinajstić information content (AvgIpc) is 3.27. The Morgan fingerprint density at radius 1 is 1.19 bits per heavy atom. The molecule has 3 aliphatic rings. The van der Waals surface area contributed by atoms with Crippen molar-refractivity contribution < 1.29 is 9.59 Å². The molecule has 2 amide bonds. The molecule has 0 aromatic heterocycles. The van der Waals surface area contributed by atoms with Crippen LogP contribution in [0.4, 0.5) is 0 Å². The number of amides is 2. The molecule has 2 N–H and O–H groups in total. The molecule has 2 aliphatic heterocycles. The lowest BCUT2D eigenvalue weighted by Gasteiger charge is -2.39. The molecule has 1 aromatic rings. The molecule has 5 heteroatoms. The van der Waals surface area contributed by atoms with E-state index in [0.29, 0.717) is 24.8 Å². The van der Waals surface area contributed by atoms with Gasteiger partial charge in [-0.2, -0.15) is 0 Å². The molecule has 5 unspecified atom stereocenters. The second kappa shape index (κ2) is 7.27. The lowest BCUT2D eigenvalue weighted by molar-refractivity contribution is -0.149. The molecular weight excluding hydrogens is 338 g/mol. The monoisotopic (exact) mass is 369 g/mol. The summed E-state index contributed by atoms with van der Waals surface area (Å²) >= 11 is 0. The zero-order chi connectivity index (χ0) is 19.1. The summed E-state index contributed by atoms with van der Waals surface area (Å²) in [6, 6.07) is 8.04. The first-order chi connectivity index (χ1) is 13.0. The van der Waals surface area contributed by atoms with E-state index in [2.05, 4.69) is 12.1 Å². The summed E-state index contributed by atoms with van der Waals surface area (Å²) in [4.78, 5) is 30.3. The zero-order valence-electron chi connectivity index (χ0n) is 16.4. The van der Waals surface area contributed by atoms with Crippen molar-refractivity contribution in [3.8, 4) is 0 Å². The van der Waals surface area contributed by atoms with Crippen LogP contribution < -0.4 is 5.73 Å². The van der Waals surface area contributed by atoms with Gasteiger partial charge in [-0.3, -0.25) is 9.59 Å². The summed E-state index contributed by atoms with van der Waals surface area (Å²) in [5, 5.41) is 0. The number of benzene rings is 1. The maximum atomic E-state index is 13.5. The van der Waals surface area contributed by atoms with Crippen LogP contribution in [0.1, 0.15) is 44.2 Å². The van der Waals surface area contributed by atoms with Gasteiger partial charge < -0.3 is 15.5 Å². The van der Waals surface area contributed by atoms with Crippen molar-refractivity contribution in [2.75, 3.05) is 13.1 Å². The Kier molecular flexibility index (Phi) is 4.97. The SMILES string of the molecule is CCC(C)C(=O)N1Cc2ccccc2CC1C(=O)N1CC2CCC(N)C2C1. The van der Waals surface area contributed by atoms with E-state index >= 15 is 0 Å². The van der Waals surface area contributed by atoms with Crippen LogP contribution in [0.3, 0.4) is 0 Å². The third kappa shape index (κ3) is 3.27. The van der Waals surface area contributed by atoms with Crippen molar-refractivity contribution in [2.24, 2.45) is 23.5 Å². The molecule has 5 atom stereocenters. The van der Waals surface area contributed by atoms with E-state index in [9.17, 15) is 9.59 Å². The highest BCUT2D eigenvalue weighted by atomic mass is 16.2. The van der Waals surface area contributed by atoms with Gasteiger partial charge in [0.25, 0.3) is 0 Å². The van der Waals surface area contributed by atoms with E-state index in [1.807, 2.05) is 35.8 Å². The number of nitrogens with zero attached hydrogens (tertiary/aromatic N) is 2. The van der Waals surface area contributed by atoms with E-state index in [4.69, 9.17) is 5.73 Å². The molecule has 5 nitrogen and oxygen atoms in total. The van der Waals surface area contributed by atoms with E-state index in [1.54, 1.807) is 0 Å². The number of nitrogens with two attached hydrogens (primary N) is 1. The number of fused-ring (bicyclic) bond motifs is 2. The van der Waals surface area contributed by atoms with Crippen molar-refractivity contribution >= 4 is 11.8 Å². The molecule has 2 fully saturated rings. The fourth-order valence-electron chi connectivity index (χ4n) is 5.13. The first-order valence-electron chi connectivity index (χ1n) is 10.4. The molecule has 0 bridgehead atoms. The quantitative estimate of drug-likeness (QED) is 0.888. The number of likely N-dealkylation sites (tertiary alicyclic amines) is 1. The Hall–Kier alpha value is -1.88. The second-order valence-corrected chi connectivity index (χ2v) is 8.67. The van der Waals surface area contributed by atoms with E-state index < -0.39 is 0 Å². The minimum Gasteiger partial charge on any atom is -0.340 e. The van der Waals surface area contributed by atoms with Gasteiger partial charge in [-0.05, 0) is 42.2 Å². The van der Waals surface area contributed by atoms with Gasteiger partial charge in [0.05, 0.1) is 0 Å². The summed E-state index contributed by atoms with van der Waals surface area (Å²) < 4.78 is 0. The molecular formula is C22H31N3O2. The molecule has 2 heterocycles. The van der Waals surface area contributed by atoms with Gasteiger partial charge >= 0.3 is 0 Å². The van der Waals surface area contributed by atoms with Gasteiger partial charge in [0, 0.05) is 38.0 Å². The van der Waals surface area contributed by atoms with Gasteiger partial charge in [-0.1, -0.05) is 38.1 Å². The molecule has 4 rings (SSSR count). The highest BCUT2D eigenvalue weighted by Gasteiger charge is 2.45. The molecule has 27 heavy (non-hydrogen) atoms. The minimum atomic E-state index is -0.378. The third-order valence-electron chi connectivity index (χ3n) is 7.07. The Morgan fingerprint density at radius 2 is 1.93 bits per heavy atom. The van der Waals surface area contributed by atoms with Gasteiger partial charge in [0.15, 0.2) is 0 Å². The molecule has 1 saturated carbocycles. The minimum absolute atomic E-state index is 0.0584. The van der Waals surface area contributed by atoms with E-state index in [1.165, 1.54) is 11.1 Å². The van der Waals surface area contributed by atoms with Crippen LogP contribution in [0.15, 0.2) is 24.3 Å². The van der Waals surface area contributed by atoms with Crippen molar-refractivity contribution in [1.29, 1.82) is 0 Å². The number of hydrogen-bond acceptors (Lipinski definition) is 3. The van der Waals surface area contributed by atoms with Crippen LogP contribution in [0.2, 0.25) is 0 Å². The van der Waals surface area contributed by atoms with Crippen LogP contribution in [0, 0.1) is 17.8 Å². The van der Waals surface area contributed by atoms with Crippen LogP contribution in [0.5, 0.6) is 0 Å². The number of carbonyl (C=O) groups is 2. The topological polar surface area (TPSA) is 66.6 Å². The molecule has 1 aromatic carbocycles. The van der Waals surface area contributed by atoms with Gasteiger partial charge in [0.2, 0.25) is 11.8 Å². The van der Waals surface area contributed by atoms with Gasteiger partial charge in [-0.15, -0.1) is 0 Å². The van der Waals surface area contributed by atoms with Crippen LogP contribution in [-0.4, -0.2) is 46.8 Å². The molecule has 1 saturated heterocycles. The average molecular weight is 370 g/mol. The first kappa shape index (κ1) is 18.5. The zero-order valence-corrected chi connectivity index (χ0v) is 16.4. The van der Waals surface area contributed by atoms with Crippen molar-refractivity contribution in [3.63, 3.8) is 0 Å². The summed E-state index contributed by atoms with van der Waals surface area (Å²) in [6.07, 6.45) is 3.61. The predicted octanol–water partition coefficient (Wildman–Crippen LogP) is 2.18. The smallest absolute Gasteiger partial charge is 0.245 e. The normalized spacial score (nSPS) is 30.8. The fourth-order valence-corrected chi connectivity index (χ4v) is 5.13. The fraction of sp³-hybridized carbons (Fsp3) is 0.636. The number of hydrogen-bond donors (Lipinski definition) is 1. The molecule has 0 radical (unpaired) electrons. The lowest BCUT2D eigenvalue weighted by atomic mass is 9.91.